The smallest absolute Gasteiger partial charge is 0.248 e. The van der Waals surface area contributed by atoms with Crippen molar-refractivity contribution in [3.63, 3.8) is 0 Å². The normalized spacial score (nSPS) is 18.6. The summed E-state index contributed by atoms with van der Waals surface area (Å²) >= 11 is 12.2. The molecule has 0 saturated carbocycles. The Morgan fingerprint density at radius 1 is 1.23 bits per heavy atom. The first-order valence-electron chi connectivity index (χ1n) is 11.0. The summed E-state index contributed by atoms with van der Waals surface area (Å²) in [6.07, 6.45) is 4.42. The number of carbonyl (C=O) groups excluding carboxylic acids is 2. The fourth-order valence-corrected chi connectivity index (χ4v) is 4.53. The van der Waals surface area contributed by atoms with Gasteiger partial charge in [-0.05, 0) is 54.5 Å². The van der Waals surface area contributed by atoms with Gasteiger partial charge in [0.25, 0.3) is 0 Å². The van der Waals surface area contributed by atoms with Crippen LogP contribution < -0.4 is 5.73 Å². The third-order valence-corrected chi connectivity index (χ3v) is 6.57. The molecule has 1 fully saturated rings. The van der Waals surface area contributed by atoms with Crippen LogP contribution in [-0.4, -0.2) is 63.9 Å². The summed E-state index contributed by atoms with van der Waals surface area (Å²) in [5, 5.41) is 1.75. The van der Waals surface area contributed by atoms with E-state index >= 15 is 0 Å². The zero-order valence-corrected chi connectivity index (χ0v) is 20.8. The molecular weight excluding hydrogens is 489 g/mol. The maximum atomic E-state index is 13.5. The zero-order chi connectivity index (χ0) is 25.1. The van der Waals surface area contributed by atoms with E-state index in [0.717, 1.165) is 10.9 Å². The molecule has 8 nitrogen and oxygen atoms in total. The Labute approximate surface area is 213 Å². The van der Waals surface area contributed by atoms with Crippen molar-refractivity contribution in [2.75, 3.05) is 26.0 Å². The molecule has 1 aliphatic rings. The largest absolute Gasteiger partial charge is 0.383 e. The molecule has 4 rings (SSSR count). The number of hydrogen-bond acceptors (Lipinski definition) is 6. The molecule has 35 heavy (non-hydrogen) atoms. The van der Waals surface area contributed by atoms with Crippen LogP contribution in [0, 0.1) is 0 Å². The van der Waals surface area contributed by atoms with Crippen LogP contribution in [0.3, 0.4) is 0 Å². The van der Waals surface area contributed by atoms with E-state index in [-0.39, 0.29) is 24.5 Å². The molecule has 1 saturated heterocycles. The van der Waals surface area contributed by atoms with Gasteiger partial charge in [-0.25, -0.2) is 9.97 Å². The molecule has 0 bridgehead atoms. The third-order valence-electron chi connectivity index (χ3n) is 5.99. The number of amides is 2. The molecule has 2 heterocycles. The lowest BCUT2D eigenvalue weighted by Gasteiger charge is -2.44. The molecule has 0 aliphatic carbocycles. The monoisotopic (exact) mass is 513 g/mol. The van der Waals surface area contributed by atoms with Crippen LogP contribution in [0.4, 0.5) is 5.82 Å². The third kappa shape index (κ3) is 5.40. The average molecular weight is 514 g/mol. The van der Waals surface area contributed by atoms with Gasteiger partial charge in [0.15, 0.2) is 0 Å². The molecule has 3 aromatic rings. The highest BCUT2D eigenvalue weighted by Crippen LogP contribution is 2.25. The minimum atomic E-state index is -0.749. The van der Waals surface area contributed by atoms with E-state index in [1.165, 1.54) is 24.4 Å². The number of carbonyl (C=O) groups is 2. The van der Waals surface area contributed by atoms with Gasteiger partial charge in [-0.2, -0.15) is 0 Å². The average Bonchev–Trinajstić information content (AvgIpc) is 2.84. The van der Waals surface area contributed by atoms with Crippen molar-refractivity contribution in [1.29, 1.82) is 0 Å². The number of fused-ring (bicyclic) bond motifs is 1. The van der Waals surface area contributed by atoms with Crippen molar-refractivity contribution >= 4 is 57.8 Å². The second-order valence-corrected chi connectivity index (χ2v) is 9.23. The van der Waals surface area contributed by atoms with E-state index in [1.807, 2.05) is 25.1 Å². The van der Waals surface area contributed by atoms with Crippen molar-refractivity contribution in [3.05, 3.63) is 70.0 Å². The maximum Gasteiger partial charge on any atom is 0.248 e. The van der Waals surface area contributed by atoms with Gasteiger partial charge in [0.1, 0.15) is 18.2 Å². The Balaban J connectivity index is 1.54. The van der Waals surface area contributed by atoms with Crippen molar-refractivity contribution in [2.45, 2.75) is 25.6 Å². The summed E-state index contributed by atoms with van der Waals surface area (Å²) in [7, 11) is 1.51. The highest BCUT2D eigenvalue weighted by Gasteiger charge is 2.40. The van der Waals surface area contributed by atoms with Crippen LogP contribution in [0.2, 0.25) is 10.0 Å². The Hall–Kier alpha value is -3.20. The highest BCUT2D eigenvalue weighted by atomic mass is 35.5. The standard InChI is InChI=1S/C25H25Cl2N5O3/c1-15-11-32(23(33)8-4-17-10-18(26)5-7-20(17)27)22(13-35-2)25(34)31(15)12-16-3-6-19-21(9-16)29-14-30-24(19)28/h3-10,14-15,22H,11-13H2,1-2H3,(H2,28,29,30)/b8-4+. The number of halogens is 2. The van der Waals surface area contributed by atoms with Gasteiger partial charge in [0, 0.05) is 47.7 Å². The van der Waals surface area contributed by atoms with Crippen LogP contribution in [-0.2, 0) is 20.9 Å². The number of nitrogen functional groups attached to an aromatic ring is 1. The number of aromatic nitrogens is 2. The first-order valence-corrected chi connectivity index (χ1v) is 11.8. The van der Waals surface area contributed by atoms with Crippen molar-refractivity contribution < 1.29 is 14.3 Å². The van der Waals surface area contributed by atoms with Gasteiger partial charge in [-0.3, -0.25) is 9.59 Å². The molecule has 1 aliphatic heterocycles. The first kappa shape index (κ1) is 24.9. The lowest BCUT2D eigenvalue weighted by molar-refractivity contribution is -0.155. The summed E-state index contributed by atoms with van der Waals surface area (Å²) in [5.74, 6) is -0.0818. The molecule has 1 aromatic heterocycles. The lowest BCUT2D eigenvalue weighted by Crippen LogP contribution is -2.63. The predicted molar refractivity (Wildman–Crippen MR) is 137 cm³/mol. The van der Waals surface area contributed by atoms with Crippen LogP contribution in [0.5, 0.6) is 0 Å². The van der Waals surface area contributed by atoms with Crippen LogP contribution in [0.15, 0.2) is 48.8 Å². The minimum absolute atomic E-state index is 0.0844. The van der Waals surface area contributed by atoms with Gasteiger partial charge >= 0.3 is 0 Å². The number of benzene rings is 2. The van der Waals surface area contributed by atoms with Crippen LogP contribution in [0.25, 0.3) is 17.0 Å². The summed E-state index contributed by atoms with van der Waals surface area (Å²) < 4.78 is 5.30. The van der Waals surface area contributed by atoms with Crippen molar-refractivity contribution in [3.8, 4) is 0 Å². The Bertz CT molecular complexity index is 1300. The lowest BCUT2D eigenvalue weighted by atomic mass is 10.0. The fraction of sp³-hybridized carbons (Fsp3) is 0.280. The second-order valence-electron chi connectivity index (χ2n) is 8.39. The molecule has 2 N–H and O–H groups in total. The van der Waals surface area contributed by atoms with Gasteiger partial charge in [-0.15, -0.1) is 0 Å². The summed E-state index contributed by atoms with van der Waals surface area (Å²) in [6.45, 7) is 2.73. The molecule has 182 valence electrons. The second kappa shape index (κ2) is 10.6. The van der Waals surface area contributed by atoms with Crippen molar-refractivity contribution in [2.24, 2.45) is 0 Å². The summed E-state index contributed by atoms with van der Waals surface area (Å²) in [6, 6.07) is 9.71. The van der Waals surface area contributed by atoms with E-state index in [1.54, 1.807) is 29.2 Å². The molecule has 0 radical (unpaired) electrons. The number of anilines is 1. The fourth-order valence-electron chi connectivity index (χ4n) is 4.17. The number of nitrogens with zero attached hydrogens (tertiary/aromatic N) is 4. The number of nitrogens with two attached hydrogens (primary N) is 1. The van der Waals surface area contributed by atoms with Crippen LogP contribution >= 0.6 is 23.2 Å². The quantitative estimate of drug-likeness (QED) is 0.502. The first-order chi connectivity index (χ1) is 16.8. The van der Waals surface area contributed by atoms with Gasteiger partial charge in [0.05, 0.1) is 12.1 Å². The topological polar surface area (TPSA) is 102 Å². The molecule has 0 spiro atoms. The molecular formula is C25H25Cl2N5O3. The molecule has 2 amide bonds. The van der Waals surface area contributed by atoms with E-state index < -0.39 is 6.04 Å². The molecule has 10 heteroatoms. The number of ether oxygens (including phenoxy) is 1. The Kier molecular flexibility index (Phi) is 7.54. The van der Waals surface area contributed by atoms with Gasteiger partial charge in [0.2, 0.25) is 11.8 Å². The SMILES string of the molecule is COCC1C(=O)N(Cc2ccc3c(N)ncnc3c2)C(C)CN1C(=O)/C=C/c1cc(Cl)ccc1Cl. The number of methoxy groups -OCH3 is 1. The Morgan fingerprint density at radius 2 is 2.03 bits per heavy atom. The highest BCUT2D eigenvalue weighted by molar-refractivity contribution is 6.34. The summed E-state index contributed by atoms with van der Waals surface area (Å²) in [4.78, 5) is 38.2. The van der Waals surface area contributed by atoms with E-state index in [9.17, 15) is 9.59 Å². The molecule has 2 unspecified atom stereocenters. The van der Waals surface area contributed by atoms with Gasteiger partial charge < -0.3 is 20.3 Å². The van der Waals surface area contributed by atoms with E-state index in [4.69, 9.17) is 33.7 Å². The zero-order valence-electron chi connectivity index (χ0n) is 19.3. The van der Waals surface area contributed by atoms with Crippen molar-refractivity contribution in [1.82, 2.24) is 19.8 Å². The predicted octanol–water partition coefficient (Wildman–Crippen LogP) is 3.81. The number of piperazine rings is 1. The number of hydrogen-bond donors (Lipinski definition) is 1. The Morgan fingerprint density at radius 3 is 2.80 bits per heavy atom. The van der Waals surface area contributed by atoms with Gasteiger partial charge in [-0.1, -0.05) is 29.3 Å². The maximum absolute atomic E-state index is 13.5. The number of rotatable bonds is 6. The van der Waals surface area contributed by atoms with E-state index in [2.05, 4.69) is 9.97 Å². The molecule has 2 aromatic carbocycles. The molecule has 2 atom stereocenters. The van der Waals surface area contributed by atoms with Crippen LogP contribution in [0.1, 0.15) is 18.1 Å². The minimum Gasteiger partial charge on any atom is -0.383 e. The summed E-state index contributed by atoms with van der Waals surface area (Å²) in [5.41, 5.74) is 8.16. The van der Waals surface area contributed by atoms with E-state index in [0.29, 0.717) is 40.0 Å².